The van der Waals surface area contributed by atoms with Crippen LogP contribution in [0.25, 0.3) is 0 Å². The third-order valence-electron chi connectivity index (χ3n) is 0.391. The van der Waals surface area contributed by atoms with Crippen LogP contribution >= 0.6 is 11.9 Å². The van der Waals surface area contributed by atoms with E-state index in [9.17, 15) is 4.79 Å². The van der Waals surface area contributed by atoms with E-state index in [1.54, 1.807) is 6.92 Å². The van der Waals surface area contributed by atoms with Crippen molar-refractivity contribution in [2.24, 2.45) is 0 Å². The van der Waals surface area contributed by atoms with E-state index >= 15 is 0 Å². The molecule has 0 aliphatic rings. The molecule has 0 aromatic carbocycles. The van der Waals surface area contributed by atoms with E-state index in [0.717, 1.165) is 0 Å². The van der Waals surface area contributed by atoms with Crippen molar-refractivity contribution >= 4 is 18.0 Å². The molecule has 3 nitrogen and oxygen atoms in total. The molecule has 42 valence electrons. The number of carbonyl (C=O) groups excluding carboxylic acids is 1. The average Bonchev–Trinajstić information content (AvgIpc) is 1.68. The lowest BCUT2D eigenvalue weighted by Gasteiger charge is -1.91. The minimum Gasteiger partial charge on any atom is -0.330 e. The molecule has 0 aliphatic carbocycles. The first-order chi connectivity index (χ1) is 3.31. The molecule has 0 saturated carbocycles. The van der Waals surface area contributed by atoms with Crippen LogP contribution < -0.4 is 5.32 Å². The van der Waals surface area contributed by atoms with Crippen molar-refractivity contribution in [3.8, 4) is 0 Å². The van der Waals surface area contributed by atoms with Crippen LogP contribution in [0.1, 0.15) is 6.92 Å². The van der Waals surface area contributed by atoms with Gasteiger partial charge in [0, 0.05) is 6.54 Å². The van der Waals surface area contributed by atoms with Crippen molar-refractivity contribution in [3.05, 3.63) is 0 Å². The number of carbonyl (C=O) groups is 1. The number of amides is 1. The fourth-order valence-corrected chi connectivity index (χ4v) is 0.226. The van der Waals surface area contributed by atoms with Crippen LogP contribution in [0, 0.1) is 0 Å². The Kier molecular flexibility index (Phi) is 3.50. The molecule has 0 unspecified atom stereocenters. The fourth-order valence-electron chi connectivity index (χ4n) is 0.172. The maximum Gasteiger partial charge on any atom is 0.425 e. The average molecular weight is 124 g/mol. The Labute approximate surface area is 46.8 Å². The summed E-state index contributed by atoms with van der Waals surface area (Å²) >= 11 is 4.62. The number of nitrogens with one attached hydrogen (secondary N) is 1. The first-order valence-corrected chi connectivity index (χ1v) is 2.18. The molecule has 0 bridgehead atoms. The number of hydrogen-bond donors (Lipinski definition) is 1. The van der Waals surface area contributed by atoms with Crippen LogP contribution in [0.3, 0.4) is 0 Å². The summed E-state index contributed by atoms with van der Waals surface area (Å²) in [6.45, 7) is 2.30. The van der Waals surface area contributed by atoms with Crippen molar-refractivity contribution in [2.75, 3.05) is 6.54 Å². The predicted octanol–water partition coefficient (Wildman–Crippen LogP) is 0.886. The van der Waals surface area contributed by atoms with Crippen LogP contribution in [0.5, 0.6) is 0 Å². The normalized spacial score (nSPS) is 7.71. The van der Waals surface area contributed by atoms with Gasteiger partial charge >= 0.3 is 6.09 Å². The second kappa shape index (κ2) is 3.74. The summed E-state index contributed by atoms with van der Waals surface area (Å²) in [6.07, 6.45) is -0.607. The zero-order chi connectivity index (χ0) is 5.70. The second-order valence-corrected chi connectivity index (χ2v) is 1.05. The molecule has 0 aromatic rings. The summed E-state index contributed by atoms with van der Waals surface area (Å²) in [6, 6.07) is 0. The molecular formula is C3H6ClNO2. The molecule has 0 aromatic heterocycles. The molecule has 0 saturated heterocycles. The Bertz CT molecular complexity index is 66.0. The van der Waals surface area contributed by atoms with Crippen molar-refractivity contribution < 1.29 is 9.08 Å². The molecule has 0 fully saturated rings. The van der Waals surface area contributed by atoms with Gasteiger partial charge in [-0.3, -0.25) is 0 Å². The highest BCUT2D eigenvalue weighted by atomic mass is 35.5. The summed E-state index contributed by atoms with van der Waals surface area (Å²) in [7, 11) is 0. The van der Waals surface area contributed by atoms with E-state index < -0.39 is 6.09 Å². The lowest BCUT2D eigenvalue weighted by Crippen LogP contribution is -2.20. The summed E-state index contributed by atoms with van der Waals surface area (Å²) in [5.41, 5.74) is 0. The monoisotopic (exact) mass is 123 g/mol. The zero-order valence-corrected chi connectivity index (χ0v) is 4.66. The highest BCUT2D eigenvalue weighted by Gasteiger charge is 1.92. The molecule has 0 aliphatic heterocycles. The van der Waals surface area contributed by atoms with Gasteiger partial charge in [-0.25, -0.2) is 4.79 Å². The Morgan fingerprint density at radius 3 is 2.71 bits per heavy atom. The van der Waals surface area contributed by atoms with Gasteiger partial charge in [-0.15, -0.1) is 0 Å². The van der Waals surface area contributed by atoms with Crippen LogP contribution in [-0.4, -0.2) is 12.6 Å². The molecule has 7 heavy (non-hydrogen) atoms. The molecule has 0 radical (unpaired) electrons. The van der Waals surface area contributed by atoms with Crippen molar-refractivity contribution in [2.45, 2.75) is 6.92 Å². The summed E-state index contributed by atoms with van der Waals surface area (Å²) < 4.78 is 3.71. The molecular weight excluding hydrogens is 117 g/mol. The molecule has 1 N–H and O–H groups in total. The SMILES string of the molecule is CCNC(=O)OCl. The molecule has 0 atom stereocenters. The third-order valence-corrected chi connectivity index (χ3v) is 0.531. The van der Waals surface area contributed by atoms with E-state index in [1.165, 1.54) is 0 Å². The van der Waals surface area contributed by atoms with Crippen molar-refractivity contribution in [3.63, 3.8) is 0 Å². The van der Waals surface area contributed by atoms with E-state index in [2.05, 4.69) is 21.5 Å². The van der Waals surface area contributed by atoms with Gasteiger partial charge in [0.25, 0.3) is 0 Å². The zero-order valence-electron chi connectivity index (χ0n) is 3.90. The van der Waals surface area contributed by atoms with Gasteiger partial charge in [0.05, 0.1) is 0 Å². The largest absolute Gasteiger partial charge is 0.425 e. The van der Waals surface area contributed by atoms with Crippen LogP contribution in [0.2, 0.25) is 0 Å². The van der Waals surface area contributed by atoms with Crippen LogP contribution in [0.15, 0.2) is 0 Å². The van der Waals surface area contributed by atoms with Gasteiger partial charge in [0.2, 0.25) is 0 Å². The number of hydrogen-bond acceptors (Lipinski definition) is 2. The second-order valence-electron chi connectivity index (χ2n) is 0.895. The molecule has 0 rings (SSSR count). The maximum atomic E-state index is 9.95. The Morgan fingerprint density at radius 2 is 2.57 bits per heavy atom. The van der Waals surface area contributed by atoms with Crippen molar-refractivity contribution in [1.29, 1.82) is 0 Å². The summed E-state index contributed by atoms with van der Waals surface area (Å²) in [4.78, 5) is 9.95. The standard InChI is InChI=1S/C3H6ClNO2/c1-2-5-3(6)7-4/h2H2,1H3,(H,5,6). The lowest BCUT2D eigenvalue weighted by molar-refractivity contribution is 0.205. The van der Waals surface area contributed by atoms with E-state index in [0.29, 0.717) is 6.54 Å². The van der Waals surface area contributed by atoms with Crippen LogP contribution in [0.4, 0.5) is 4.79 Å². The minimum absolute atomic E-state index is 0.533. The summed E-state index contributed by atoms with van der Waals surface area (Å²) in [5.74, 6) is 0. The Hall–Kier alpha value is -0.440. The van der Waals surface area contributed by atoms with Crippen LogP contribution in [-0.2, 0) is 4.29 Å². The van der Waals surface area contributed by atoms with Gasteiger partial charge in [0.15, 0.2) is 0 Å². The summed E-state index contributed by atoms with van der Waals surface area (Å²) in [5, 5.41) is 2.30. The number of rotatable bonds is 1. The highest BCUT2D eigenvalue weighted by molar-refractivity contribution is 6.12. The van der Waals surface area contributed by atoms with E-state index in [1.807, 2.05) is 0 Å². The quantitative estimate of drug-likeness (QED) is 0.562. The first-order valence-electron chi connectivity index (χ1n) is 1.87. The third kappa shape index (κ3) is 3.39. The van der Waals surface area contributed by atoms with E-state index in [4.69, 9.17) is 0 Å². The smallest absolute Gasteiger partial charge is 0.330 e. The number of halogens is 1. The Balaban J connectivity index is 3.00. The fraction of sp³-hybridized carbons (Fsp3) is 0.667. The predicted molar refractivity (Wildman–Crippen MR) is 26.0 cm³/mol. The molecule has 4 heteroatoms. The Morgan fingerprint density at radius 1 is 2.00 bits per heavy atom. The van der Waals surface area contributed by atoms with Gasteiger partial charge in [-0.1, -0.05) is 0 Å². The maximum absolute atomic E-state index is 9.95. The van der Waals surface area contributed by atoms with Crippen molar-refractivity contribution in [1.82, 2.24) is 5.32 Å². The first kappa shape index (κ1) is 6.56. The minimum atomic E-state index is -0.607. The van der Waals surface area contributed by atoms with Gasteiger partial charge in [-0.2, -0.15) is 0 Å². The molecule has 0 heterocycles. The van der Waals surface area contributed by atoms with Gasteiger partial charge in [-0.05, 0) is 6.92 Å². The molecule has 0 spiro atoms. The lowest BCUT2D eigenvalue weighted by atomic mass is 10.8. The topological polar surface area (TPSA) is 38.3 Å². The van der Waals surface area contributed by atoms with Gasteiger partial charge in [0.1, 0.15) is 11.9 Å². The van der Waals surface area contributed by atoms with Gasteiger partial charge < -0.3 is 9.61 Å². The van der Waals surface area contributed by atoms with E-state index in [-0.39, 0.29) is 0 Å². The highest BCUT2D eigenvalue weighted by Crippen LogP contribution is 1.78. The molecule has 1 amide bonds.